The van der Waals surface area contributed by atoms with Crippen molar-refractivity contribution < 1.29 is 13.9 Å². The Bertz CT molecular complexity index is 664. The van der Waals surface area contributed by atoms with Crippen molar-refractivity contribution in [3.63, 3.8) is 0 Å². The normalized spacial score (nSPS) is 10.8. The van der Waals surface area contributed by atoms with Crippen LogP contribution in [0.1, 0.15) is 13.8 Å². The molecule has 0 radical (unpaired) electrons. The average Bonchev–Trinajstić information content (AvgIpc) is 2.37. The van der Waals surface area contributed by atoms with Crippen LogP contribution in [0, 0.1) is 5.82 Å². The Kier molecular flexibility index (Phi) is 4.96. The van der Waals surface area contributed by atoms with Crippen molar-refractivity contribution in [3.05, 3.63) is 45.6 Å². The molecule has 112 valence electrons. The number of halogens is 3. The maximum atomic E-state index is 13.8. The lowest BCUT2D eigenvalue weighted by atomic mass is 10.2. The lowest BCUT2D eigenvalue weighted by Gasteiger charge is -2.15. The van der Waals surface area contributed by atoms with Crippen LogP contribution in [0.15, 0.2) is 34.8 Å². The maximum Gasteiger partial charge on any atom is 0.167 e. The van der Waals surface area contributed by atoms with Gasteiger partial charge in [0, 0.05) is 16.6 Å². The highest BCUT2D eigenvalue weighted by atomic mass is 79.9. The van der Waals surface area contributed by atoms with E-state index in [1.807, 2.05) is 13.8 Å². The Labute approximate surface area is 135 Å². The fraction of sp³-hybridized carbons (Fsp3) is 0.200. The van der Waals surface area contributed by atoms with Crippen molar-refractivity contribution in [2.75, 3.05) is 5.73 Å². The molecule has 0 aliphatic carbocycles. The number of hydrogen-bond donors (Lipinski definition) is 1. The van der Waals surface area contributed by atoms with Gasteiger partial charge in [-0.3, -0.25) is 0 Å². The van der Waals surface area contributed by atoms with E-state index in [0.29, 0.717) is 10.8 Å². The van der Waals surface area contributed by atoms with Crippen molar-refractivity contribution in [2.45, 2.75) is 20.0 Å². The minimum absolute atomic E-state index is 0.0856. The molecule has 0 amide bonds. The van der Waals surface area contributed by atoms with Crippen LogP contribution in [0.4, 0.5) is 10.1 Å². The van der Waals surface area contributed by atoms with Crippen molar-refractivity contribution in [1.82, 2.24) is 0 Å². The smallest absolute Gasteiger partial charge is 0.167 e. The summed E-state index contributed by atoms with van der Waals surface area (Å²) in [6, 6.07) is 7.76. The molecule has 0 heterocycles. The molecule has 0 bridgehead atoms. The second-order valence-electron chi connectivity index (χ2n) is 4.66. The molecule has 3 nitrogen and oxygen atoms in total. The molecule has 2 rings (SSSR count). The fourth-order valence-electron chi connectivity index (χ4n) is 1.66. The van der Waals surface area contributed by atoms with Gasteiger partial charge in [-0.15, -0.1) is 0 Å². The first-order chi connectivity index (χ1) is 9.86. The molecular formula is C15H14BrClFNO2. The van der Waals surface area contributed by atoms with Crippen LogP contribution in [0.25, 0.3) is 0 Å². The molecule has 0 aromatic heterocycles. The van der Waals surface area contributed by atoms with E-state index >= 15 is 0 Å². The summed E-state index contributed by atoms with van der Waals surface area (Å²) in [5, 5.41) is 0.416. The van der Waals surface area contributed by atoms with Gasteiger partial charge in [0.2, 0.25) is 0 Å². The highest BCUT2D eigenvalue weighted by Crippen LogP contribution is 2.37. The van der Waals surface area contributed by atoms with Gasteiger partial charge in [0.25, 0.3) is 0 Å². The number of nitrogen functional groups attached to an aromatic ring is 1. The molecule has 6 heteroatoms. The van der Waals surface area contributed by atoms with Gasteiger partial charge in [0.15, 0.2) is 17.3 Å². The highest BCUT2D eigenvalue weighted by molar-refractivity contribution is 9.10. The fourth-order valence-corrected chi connectivity index (χ4v) is 2.37. The van der Waals surface area contributed by atoms with Gasteiger partial charge in [-0.05, 0) is 32.0 Å². The molecule has 0 spiro atoms. The highest BCUT2D eigenvalue weighted by Gasteiger charge is 2.13. The Hall–Kier alpha value is -1.46. The van der Waals surface area contributed by atoms with Gasteiger partial charge in [0.05, 0.1) is 16.8 Å². The summed E-state index contributed by atoms with van der Waals surface area (Å²) in [5.41, 5.74) is 5.95. The van der Waals surface area contributed by atoms with Crippen LogP contribution in [-0.4, -0.2) is 6.10 Å². The number of hydrogen-bond acceptors (Lipinski definition) is 3. The maximum absolute atomic E-state index is 13.8. The summed E-state index contributed by atoms with van der Waals surface area (Å²) < 4.78 is 25.6. The van der Waals surface area contributed by atoms with Crippen LogP contribution < -0.4 is 15.2 Å². The number of rotatable bonds is 4. The van der Waals surface area contributed by atoms with Gasteiger partial charge < -0.3 is 15.2 Å². The van der Waals surface area contributed by atoms with Gasteiger partial charge in [-0.25, -0.2) is 4.39 Å². The molecule has 21 heavy (non-hydrogen) atoms. The molecule has 0 aliphatic heterocycles. The predicted molar refractivity (Wildman–Crippen MR) is 85.8 cm³/mol. The first-order valence-corrected chi connectivity index (χ1v) is 7.42. The number of nitrogens with two attached hydrogens (primary N) is 1. The number of ether oxygens (including phenoxy) is 2. The molecule has 0 saturated heterocycles. The molecular weight excluding hydrogens is 361 g/mol. The Morgan fingerprint density at radius 2 is 1.86 bits per heavy atom. The van der Waals surface area contributed by atoms with Crippen molar-refractivity contribution in [1.29, 1.82) is 0 Å². The summed E-state index contributed by atoms with van der Waals surface area (Å²) in [6.07, 6.45) is -0.160. The molecule has 0 unspecified atom stereocenters. The van der Waals surface area contributed by atoms with E-state index in [9.17, 15) is 4.39 Å². The molecule has 2 aromatic rings. The second kappa shape index (κ2) is 6.54. The monoisotopic (exact) mass is 373 g/mol. The Morgan fingerprint density at radius 1 is 1.14 bits per heavy atom. The number of anilines is 1. The largest absolute Gasteiger partial charge is 0.488 e. The standard InChI is InChI=1S/C15H14BrClFNO2/c1-8(2)20-14-7-15(12(19)6-11(14)18)21-13-4-3-9(16)5-10(13)17/h3-8H,19H2,1-2H3. The second-order valence-corrected chi connectivity index (χ2v) is 5.99. The lowest BCUT2D eigenvalue weighted by Crippen LogP contribution is -2.07. The topological polar surface area (TPSA) is 44.5 Å². The first-order valence-electron chi connectivity index (χ1n) is 6.25. The minimum Gasteiger partial charge on any atom is -0.488 e. The Morgan fingerprint density at radius 3 is 2.48 bits per heavy atom. The molecule has 0 fully saturated rings. The van der Waals surface area contributed by atoms with E-state index in [1.54, 1.807) is 18.2 Å². The minimum atomic E-state index is -0.532. The molecule has 2 aromatic carbocycles. The van der Waals surface area contributed by atoms with Crippen LogP contribution in [0.5, 0.6) is 17.2 Å². The van der Waals surface area contributed by atoms with E-state index in [-0.39, 0.29) is 23.3 Å². The zero-order chi connectivity index (χ0) is 15.6. The molecule has 0 atom stereocenters. The number of benzene rings is 2. The third-order valence-electron chi connectivity index (χ3n) is 2.54. The molecule has 0 saturated carbocycles. The van der Waals surface area contributed by atoms with Crippen molar-refractivity contribution in [3.8, 4) is 17.2 Å². The van der Waals surface area contributed by atoms with Gasteiger partial charge in [-0.2, -0.15) is 0 Å². The summed E-state index contributed by atoms with van der Waals surface area (Å²) in [5.74, 6) is 0.267. The SMILES string of the molecule is CC(C)Oc1cc(Oc2ccc(Br)cc2Cl)c(N)cc1F. The summed E-state index contributed by atoms with van der Waals surface area (Å²) in [4.78, 5) is 0. The van der Waals surface area contributed by atoms with Crippen LogP contribution in [-0.2, 0) is 0 Å². The van der Waals surface area contributed by atoms with E-state index in [1.165, 1.54) is 12.1 Å². The third-order valence-corrected chi connectivity index (χ3v) is 3.33. The zero-order valence-electron chi connectivity index (χ0n) is 11.5. The quantitative estimate of drug-likeness (QED) is 0.728. The van der Waals surface area contributed by atoms with Crippen LogP contribution in [0.3, 0.4) is 0 Å². The summed E-state index contributed by atoms with van der Waals surface area (Å²) in [6.45, 7) is 3.61. The molecule has 0 aliphatic rings. The van der Waals surface area contributed by atoms with Crippen molar-refractivity contribution in [2.24, 2.45) is 0 Å². The van der Waals surface area contributed by atoms with E-state index in [4.69, 9.17) is 26.8 Å². The lowest BCUT2D eigenvalue weighted by molar-refractivity contribution is 0.230. The first kappa shape index (κ1) is 15.9. The van der Waals surface area contributed by atoms with Crippen molar-refractivity contribution >= 4 is 33.2 Å². The van der Waals surface area contributed by atoms with Crippen LogP contribution in [0.2, 0.25) is 5.02 Å². The Balaban J connectivity index is 2.34. The van der Waals surface area contributed by atoms with E-state index < -0.39 is 5.82 Å². The predicted octanol–water partition coefficient (Wildman–Crippen LogP) is 5.40. The summed E-state index contributed by atoms with van der Waals surface area (Å²) in [7, 11) is 0. The van der Waals surface area contributed by atoms with E-state index in [2.05, 4.69) is 15.9 Å². The third kappa shape index (κ3) is 4.02. The van der Waals surface area contributed by atoms with E-state index in [0.717, 1.165) is 4.47 Å². The van der Waals surface area contributed by atoms with Gasteiger partial charge in [-0.1, -0.05) is 27.5 Å². The molecule has 2 N–H and O–H groups in total. The zero-order valence-corrected chi connectivity index (χ0v) is 13.8. The van der Waals surface area contributed by atoms with Gasteiger partial charge in [0.1, 0.15) is 5.75 Å². The average molecular weight is 375 g/mol. The van der Waals surface area contributed by atoms with Gasteiger partial charge >= 0.3 is 0 Å². The van der Waals surface area contributed by atoms with Crippen LogP contribution >= 0.6 is 27.5 Å². The summed E-state index contributed by atoms with van der Waals surface area (Å²) >= 11 is 9.40.